The smallest absolute Gasteiger partial charge is 0.320 e. The largest absolute Gasteiger partial charge is 0.480 e. The lowest BCUT2D eigenvalue weighted by Crippen LogP contribution is -2.33. The minimum atomic E-state index is -0.824. The lowest BCUT2D eigenvalue weighted by molar-refractivity contribution is -0.139. The molecule has 17 heavy (non-hydrogen) atoms. The lowest BCUT2D eigenvalue weighted by atomic mass is 10.1. The summed E-state index contributed by atoms with van der Waals surface area (Å²) in [4.78, 5) is 12.8. The normalized spacial score (nSPS) is 12.7. The van der Waals surface area contributed by atoms with E-state index in [1.165, 1.54) is 5.56 Å². The molecule has 1 atom stereocenters. The molecule has 0 heterocycles. The van der Waals surface area contributed by atoms with Crippen LogP contribution in [0, 0.1) is 0 Å². The second-order valence-electron chi connectivity index (χ2n) is 4.45. The predicted octanol–water partition coefficient (Wildman–Crippen LogP) is 1.31. The molecule has 0 aliphatic heterocycles. The molecule has 0 spiro atoms. The van der Waals surface area contributed by atoms with Crippen LogP contribution in [-0.2, 0) is 17.9 Å². The standard InChI is InChI=1S/C13H20N2O2/c1-10(13(16)17)14-8-11-6-4-5-7-12(11)9-15(2)3/h4-7,10,14H,8-9H2,1-3H3,(H,16,17). The van der Waals surface area contributed by atoms with Gasteiger partial charge in [0, 0.05) is 13.1 Å². The maximum atomic E-state index is 10.7. The van der Waals surface area contributed by atoms with Crippen molar-refractivity contribution in [2.45, 2.75) is 26.1 Å². The summed E-state index contributed by atoms with van der Waals surface area (Å²) in [6.45, 7) is 3.09. The minimum Gasteiger partial charge on any atom is -0.480 e. The number of nitrogens with one attached hydrogen (secondary N) is 1. The summed E-state index contributed by atoms with van der Waals surface area (Å²) in [6, 6.07) is 7.55. The third-order valence-corrected chi connectivity index (χ3v) is 2.57. The maximum absolute atomic E-state index is 10.7. The van der Waals surface area contributed by atoms with E-state index in [0.29, 0.717) is 6.54 Å². The van der Waals surface area contributed by atoms with Crippen molar-refractivity contribution in [2.75, 3.05) is 14.1 Å². The second-order valence-corrected chi connectivity index (χ2v) is 4.45. The maximum Gasteiger partial charge on any atom is 0.320 e. The number of aliphatic carboxylic acids is 1. The molecule has 94 valence electrons. The summed E-state index contributed by atoms with van der Waals surface area (Å²) in [6.07, 6.45) is 0. The Labute approximate surface area is 102 Å². The first-order chi connectivity index (χ1) is 8.00. The van der Waals surface area contributed by atoms with Gasteiger partial charge in [-0.05, 0) is 32.1 Å². The highest BCUT2D eigenvalue weighted by atomic mass is 16.4. The van der Waals surface area contributed by atoms with Gasteiger partial charge in [0.15, 0.2) is 0 Å². The minimum absolute atomic E-state index is 0.526. The summed E-state index contributed by atoms with van der Waals surface area (Å²) >= 11 is 0. The summed E-state index contributed by atoms with van der Waals surface area (Å²) in [5.74, 6) is -0.824. The Hall–Kier alpha value is -1.39. The molecule has 1 unspecified atom stereocenters. The molecule has 0 aliphatic rings. The third kappa shape index (κ3) is 4.54. The van der Waals surface area contributed by atoms with E-state index >= 15 is 0 Å². The quantitative estimate of drug-likeness (QED) is 0.782. The van der Waals surface area contributed by atoms with Crippen molar-refractivity contribution in [3.8, 4) is 0 Å². The van der Waals surface area contributed by atoms with Crippen molar-refractivity contribution in [2.24, 2.45) is 0 Å². The summed E-state index contributed by atoms with van der Waals surface area (Å²) in [7, 11) is 4.04. The third-order valence-electron chi connectivity index (χ3n) is 2.57. The van der Waals surface area contributed by atoms with Crippen LogP contribution >= 0.6 is 0 Å². The van der Waals surface area contributed by atoms with Gasteiger partial charge >= 0.3 is 5.97 Å². The van der Waals surface area contributed by atoms with E-state index in [-0.39, 0.29) is 0 Å². The van der Waals surface area contributed by atoms with E-state index in [4.69, 9.17) is 5.11 Å². The van der Waals surface area contributed by atoms with Gasteiger partial charge in [-0.25, -0.2) is 0 Å². The van der Waals surface area contributed by atoms with Gasteiger partial charge in [0.2, 0.25) is 0 Å². The van der Waals surface area contributed by atoms with Crippen LogP contribution in [0.1, 0.15) is 18.1 Å². The molecule has 0 saturated heterocycles. The number of rotatable bonds is 6. The topological polar surface area (TPSA) is 52.6 Å². The monoisotopic (exact) mass is 236 g/mol. The van der Waals surface area contributed by atoms with E-state index in [2.05, 4.69) is 16.3 Å². The first kappa shape index (κ1) is 13.7. The Balaban J connectivity index is 2.66. The number of carboxylic acids is 1. The highest BCUT2D eigenvalue weighted by Gasteiger charge is 2.10. The predicted molar refractivity (Wildman–Crippen MR) is 67.8 cm³/mol. The van der Waals surface area contributed by atoms with E-state index in [0.717, 1.165) is 12.1 Å². The Morgan fingerprint density at radius 2 is 1.94 bits per heavy atom. The van der Waals surface area contributed by atoms with Crippen LogP contribution < -0.4 is 5.32 Å². The second kappa shape index (κ2) is 6.37. The van der Waals surface area contributed by atoms with Gasteiger partial charge in [-0.3, -0.25) is 4.79 Å². The molecule has 0 amide bonds. The van der Waals surface area contributed by atoms with Crippen molar-refractivity contribution in [3.63, 3.8) is 0 Å². The Kier molecular flexibility index (Phi) is 5.12. The van der Waals surface area contributed by atoms with E-state index in [9.17, 15) is 4.79 Å². The molecular weight excluding hydrogens is 216 g/mol. The van der Waals surface area contributed by atoms with E-state index in [1.54, 1.807) is 6.92 Å². The van der Waals surface area contributed by atoms with Crippen molar-refractivity contribution < 1.29 is 9.90 Å². The fourth-order valence-electron chi connectivity index (χ4n) is 1.58. The molecule has 4 nitrogen and oxygen atoms in total. The van der Waals surface area contributed by atoms with Crippen LogP contribution in [0.25, 0.3) is 0 Å². The molecule has 0 bridgehead atoms. The van der Waals surface area contributed by atoms with Crippen LogP contribution in [0.2, 0.25) is 0 Å². The molecule has 1 aromatic rings. The zero-order chi connectivity index (χ0) is 12.8. The Morgan fingerprint density at radius 3 is 2.47 bits per heavy atom. The van der Waals surface area contributed by atoms with Crippen molar-refractivity contribution in [1.29, 1.82) is 0 Å². The SMILES string of the molecule is CC(NCc1ccccc1CN(C)C)C(=O)O. The van der Waals surface area contributed by atoms with Crippen molar-refractivity contribution >= 4 is 5.97 Å². The molecule has 0 aromatic heterocycles. The highest BCUT2D eigenvalue weighted by Crippen LogP contribution is 2.10. The van der Waals surface area contributed by atoms with E-state index in [1.807, 2.05) is 32.3 Å². The van der Waals surface area contributed by atoms with E-state index < -0.39 is 12.0 Å². The average Bonchev–Trinajstić information content (AvgIpc) is 2.26. The summed E-state index contributed by atoms with van der Waals surface area (Å²) < 4.78 is 0. The lowest BCUT2D eigenvalue weighted by Gasteiger charge is -2.15. The number of hydrogen-bond acceptors (Lipinski definition) is 3. The molecule has 0 radical (unpaired) electrons. The fourth-order valence-corrected chi connectivity index (χ4v) is 1.58. The summed E-state index contributed by atoms with van der Waals surface area (Å²) in [5, 5.41) is 11.8. The van der Waals surface area contributed by atoms with Crippen LogP contribution in [0.4, 0.5) is 0 Å². The van der Waals surface area contributed by atoms with Gasteiger partial charge in [-0.15, -0.1) is 0 Å². The number of hydrogen-bond donors (Lipinski definition) is 2. The van der Waals surface area contributed by atoms with Crippen LogP contribution in [-0.4, -0.2) is 36.1 Å². The van der Waals surface area contributed by atoms with Gasteiger partial charge in [0.05, 0.1) is 0 Å². The van der Waals surface area contributed by atoms with Crippen LogP contribution in [0.15, 0.2) is 24.3 Å². The molecule has 4 heteroatoms. The van der Waals surface area contributed by atoms with Crippen LogP contribution in [0.5, 0.6) is 0 Å². The number of benzene rings is 1. The molecule has 1 aromatic carbocycles. The average molecular weight is 236 g/mol. The fraction of sp³-hybridized carbons (Fsp3) is 0.462. The van der Waals surface area contributed by atoms with Crippen molar-refractivity contribution in [3.05, 3.63) is 35.4 Å². The number of carbonyl (C=O) groups is 1. The Bertz CT molecular complexity index is 377. The first-order valence-corrected chi connectivity index (χ1v) is 5.68. The Morgan fingerprint density at radius 1 is 1.35 bits per heavy atom. The van der Waals surface area contributed by atoms with Gasteiger partial charge in [0.25, 0.3) is 0 Å². The first-order valence-electron chi connectivity index (χ1n) is 5.68. The zero-order valence-corrected chi connectivity index (χ0v) is 10.6. The molecule has 0 fully saturated rings. The number of nitrogens with zero attached hydrogens (tertiary/aromatic N) is 1. The molecule has 0 aliphatic carbocycles. The number of carboxylic acid groups (broad SMARTS) is 1. The summed E-state index contributed by atoms with van der Waals surface area (Å²) in [5.41, 5.74) is 2.37. The molecule has 2 N–H and O–H groups in total. The molecular formula is C13H20N2O2. The van der Waals surface area contributed by atoms with Gasteiger partial charge < -0.3 is 15.3 Å². The van der Waals surface area contributed by atoms with Crippen molar-refractivity contribution in [1.82, 2.24) is 10.2 Å². The van der Waals surface area contributed by atoms with Gasteiger partial charge in [0.1, 0.15) is 6.04 Å². The van der Waals surface area contributed by atoms with Crippen LogP contribution in [0.3, 0.4) is 0 Å². The van der Waals surface area contributed by atoms with Gasteiger partial charge in [-0.2, -0.15) is 0 Å². The van der Waals surface area contributed by atoms with Gasteiger partial charge in [-0.1, -0.05) is 24.3 Å². The highest BCUT2D eigenvalue weighted by molar-refractivity contribution is 5.72. The molecule has 0 saturated carbocycles. The zero-order valence-electron chi connectivity index (χ0n) is 10.6. The molecule has 1 rings (SSSR count).